The number of sulfonamides is 1. The zero-order valence-corrected chi connectivity index (χ0v) is 13.0. The Balaban J connectivity index is 2.01. The second-order valence-electron chi connectivity index (χ2n) is 5.00. The van der Waals surface area contributed by atoms with E-state index in [9.17, 15) is 8.42 Å². The van der Waals surface area contributed by atoms with E-state index in [0.29, 0.717) is 16.4 Å². The zero-order valence-electron chi connectivity index (χ0n) is 11.4. The van der Waals surface area contributed by atoms with Crippen molar-refractivity contribution in [3.05, 3.63) is 35.4 Å². The number of hydrogen-bond acceptors (Lipinski definition) is 4. The summed E-state index contributed by atoms with van der Waals surface area (Å²) in [5.41, 5.74) is 1.24. The van der Waals surface area contributed by atoms with E-state index in [1.807, 2.05) is 12.3 Å². The van der Waals surface area contributed by atoms with Crippen LogP contribution >= 0.6 is 11.8 Å². The molecule has 0 bridgehead atoms. The quantitative estimate of drug-likeness (QED) is 0.905. The van der Waals surface area contributed by atoms with Crippen molar-refractivity contribution in [3.63, 3.8) is 0 Å². The maximum Gasteiger partial charge on any atom is 0.216 e. The maximum atomic E-state index is 12.2. The number of rotatable bonds is 5. The van der Waals surface area contributed by atoms with Gasteiger partial charge in [0.1, 0.15) is 0 Å². The highest BCUT2D eigenvalue weighted by Gasteiger charge is 2.29. The van der Waals surface area contributed by atoms with Crippen LogP contribution in [0.5, 0.6) is 0 Å². The minimum atomic E-state index is -3.33. The van der Waals surface area contributed by atoms with Crippen molar-refractivity contribution in [1.82, 2.24) is 4.72 Å². The Hall–Kier alpha value is -1.03. The fourth-order valence-electron chi connectivity index (χ4n) is 2.51. The Labute approximate surface area is 124 Å². The van der Waals surface area contributed by atoms with E-state index >= 15 is 0 Å². The van der Waals surface area contributed by atoms with Gasteiger partial charge in [0.25, 0.3) is 0 Å². The summed E-state index contributed by atoms with van der Waals surface area (Å²) in [4.78, 5) is 0. The normalized spacial score (nSPS) is 22.6. The van der Waals surface area contributed by atoms with Gasteiger partial charge in [0, 0.05) is 11.3 Å². The Morgan fingerprint density at radius 3 is 2.65 bits per heavy atom. The molecule has 6 heteroatoms. The fraction of sp³-hybridized carbons (Fsp3) is 0.500. The number of hydrogen-bond donors (Lipinski definition) is 1. The average Bonchev–Trinajstić information content (AvgIpc) is 2.85. The molecule has 1 N–H and O–H groups in total. The molecule has 4 nitrogen and oxygen atoms in total. The van der Waals surface area contributed by atoms with E-state index in [1.54, 1.807) is 36.0 Å². The van der Waals surface area contributed by atoms with Gasteiger partial charge in [-0.2, -0.15) is 17.0 Å². The molecule has 0 aliphatic heterocycles. The summed E-state index contributed by atoms with van der Waals surface area (Å²) >= 11 is 1.73. The van der Waals surface area contributed by atoms with Crippen LogP contribution in [-0.2, 0) is 15.8 Å². The molecule has 1 fully saturated rings. The average molecular weight is 310 g/mol. The van der Waals surface area contributed by atoms with Crippen LogP contribution in [0, 0.1) is 11.3 Å². The van der Waals surface area contributed by atoms with E-state index in [-0.39, 0.29) is 11.8 Å². The number of benzene rings is 1. The largest absolute Gasteiger partial charge is 0.216 e. The van der Waals surface area contributed by atoms with Gasteiger partial charge in [-0.1, -0.05) is 18.6 Å². The first kappa shape index (κ1) is 15.4. The molecule has 1 aromatic carbocycles. The highest BCUT2D eigenvalue weighted by atomic mass is 32.2. The third kappa shape index (κ3) is 3.98. The van der Waals surface area contributed by atoms with Crippen molar-refractivity contribution < 1.29 is 8.42 Å². The van der Waals surface area contributed by atoms with Gasteiger partial charge in [-0.15, -0.1) is 0 Å². The summed E-state index contributed by atoms with van der Waals surface area (Å²) in [7, 11) is -3.33. The molecule has 2 atom stereocenters. The summed E-state index contributed by atoms with van der Waals surface area (Å²) in [6.45, 7) is 0. The summed E-state index contributed by atoms with van der Waals surface area (Å²) in [5, 5.41) is 9.10. The molecule has 0 radical (unpaired) electrons. The molecule has 0 amide bonds. The number of nitrogens with zero attached hydrogens (tertiary/aromatic N) is 1. The summed E-state index contributed by atoms with van der Waals surface area (Å²) in [5.74, 6) is -0.0314. The summed E-state index contributed by atoms with van der Waals surface area (Å²) < 4.78 is 27.2. The Bertz CT molecular complexity index is 591. The third-order valence-corrected chi connectivity index (χ3v) is 6.07. The predicted molar refractivity (Wildman–Crippen MR) is 81.9 cm³/mol. The van der Waals surface area contributed by atoms with Crippen molar-refractivity contribution >= 4 is 21.8 Å². The smallest absolute Gasteiger partial charge is 0.212 e. The monoisotopic (exact) mass is 310 g/mol. The molecule has 0 spiro atoms. The van der Waals surface area contributed by atoms with Gasteiger partial charge in [0.05, 0.1) is 17.4 Å². The molecule has 108 valence electrons. The van der Waals surface area contributed by atoms with Crippen LogP contribution in [0.3, 0.4) is 0 Å². The van der Waals surface area contributed by atoms with Gasteiger partial charge in [-0.05, 0) is 36.8 Å². The molecule has 1 aliphatic carbocycles. The van der Waals surface area contributed by atoms with E-state index < -0.39 is 10.0 Å². The van der Waals surface area contributed by atoms with Crippen LogP contribution in [0.2, 0.25) is 0 Å². The Morgan fingerprint density at radius 2 is 2.05 bits per heavy atom. The predicted octanol–water partition coefficient (Wildman–Crippen LogP) is 2.26. The Morgan fingerprint density at radius 1 is 1.35 bits per heavy atom. The highest BCUT2D eigenvalue weighted by Crippen LogP contribution is 2.29. The second kappa shape index (κ2) is 6.61. The second-order valence-corrected chi connectivity index (χ2v) is 7.83. The van der Waals surface area contributed by atoms with Gasteiger partial charge in [-0.25, -0.2) is 13.1 Å². The van der Waals surface area contributed by atoms with E-state index in [4.69, 9.17) is 5.26 Å². The molecule has 1 aliphatic rings. The first-order chi connectivity index (χ1) is 9.54. The molecule has 0 heterocycles. The summed E-state index contributed by atoms with van der Waals surface area (Å²) in [6, 6.07) is 8.74. The van der Waals surface area contributed by atoms with Crippen molar-refractivity contribution in [3.8, 4) is 6.07 Å². The number of nitrogens with one attached hydrogen (secondary N) is 1. The van der Waals surface area contributed by atoms with Crippen LogP contribution in [0.4, 0.5) is 0 Å². The maximum absolute atomic E-state index is 12.2. The van der Waals surface area contributed by atoms with E-state index in [2.05, 4.69) is 4.72 Å². The lowest BCUT2D eigenvalue weighted by atomic mass is 10.2. The van der Waals surface area contributed by atoms with Crippen LogP contribution < -0.4 is 4.72 Å². The number of thioether (sulfide) groups is 1. The van der Waals surface area contributed by atoms with E-state index in [0.717, 1.165) is 19.3 Å². The molecule has 0 saturated heterocycles. The summed E-state index contributed by atoms with van der Waals surface area (Å²) in [6.07, 6.45) is 5.09. The molecule has 1 aromatic rings. The lowest BCUT2D eigenvalue weighted by Gasteiger charge is -2.19. The zero-order chi connectivity index (χ0) is 14.6. The SMILES string of the molecule is CSC1CCCC1NS(=O)(=O)Cc1ccc(C#N)cc1. The van der Waals surface area contributed by atoms with Crippen molar-refractivity contribution in [2.75, 3.05) is 6.26 Å². The molecule has 2 rings (SSSR count). The van der Waals surface area contributed by atoms with Crippen LogP contribution in [-0.4, -0.2) is 26.0 Å². The molecule has 1 saturated carbocycles. The molecule has 0 aromatic heterocycles. The topological polar surface area (TPSA) is 70.0 Å². The third-order valence-electron chi connectivity index (χ3n) is 3.53. The first-order valence-electron chi connectivity index (χ1n) is 6.56. The molecular weight excluding hydrogens is 292 g/mol. The molecule has 2 unspecified atom stereocenters. The van der Waals surface area contributed by atoms with Crippen LogP contribution in [0.1, 0.15) is 30.4 Å². The minimum absolute atomic E-state index is 0.0314. The van der Waals surface area contributed by atoms with Gasteiger partial charge < -0.3 is 0 Å². The van der Waals surface area contributed by atoms with Gasteiger partial charge in [0.15, 0.2) is 0 Å². The standard InChI is InChI=1S/C14H18N2O2S2/c1-19-14-4-2-3-13(14)16-20(17,18)10-12-7-5-11(9-15)6-8-12/h5-8,13-14,16H,2-4,10H2,1H3. The van der Waals surface area contributed by atoms with E-state index in [1.165, 1.54) is 0 Å². The van der Waals surface area contributed by atoms with Gasteiger partial charge >= 0.3 is 0 Å². The highest BCUT2D eigenvalue weighted by molar-refractivity contribution is 7.99. The van der Waals surface area contributed by atoms with Crippen molar-refractivity contribution in [2.45, 2.75) is 36.3 Å². The lowest BCUT2D eigenvalue weighted by Crippen LogP contribution is -2.39. The van der Waals surface area contributed by atoms with Crippen LogP contribution in [0.25, 0.3) is 0 Å². The van der Waals surface area contributed by atoms with Gasteiger partial charge in [0.2, 0.25) is 10.0 Å². The minimum Gasteiger partial charge on any atom is -0.212 e. The lowest BCUT2D eigenvalue weighted by molar-refractivity contribution is 0.554. The number of nitriles is 1. The van der Waals surface area contributed by atoms with Crippen molar-refractivity contribution in [1.29, 1.82) is 5.26 Å². The van der Waals surface area contributed by atoms with Crippen molar-refractivity contribution in [2.24, 2.45) is 0 Å². The molecular formula is C14H18N2O2S2. The first-order valence-corrected chi connectivity index (χ1v) is 9.50. The van der Waals surface area contributed by atoms with Gasteiger partial charge in [-0.3, -0.25) is 0 Å². The molecule has 20 heavy (non-hydrogen) atoms. The Kier molecular flexibility index (Phi) is 5.08. The van der Waals surface area contributed by atoms with Crippen LogP contribution in [0.15, 0.2) is 24.3 Å². The fourth-order valence-corrected chi connectivity index (χ4v) is 4.99.